The van der Waals surface area contributed by atoms with Crippen LogP contribution in [0, 0.1) is 0 Å². The van der Waals surface area contributed by atoms with Crippen LogP contribution in [0.4, 0.5) is 11.4 Å². The molecule has 0 aromatic heterocycles. The number of benzene rings is 1. The van der Waals surface area contributed by atoms with Gasteiger partial charge in [-0.15, -0.1) is 0 Å². The summed E-state index contributed by atoms with van der Waals surface area (Å²) >= 11 is 0. The highest BCUT2D eigenvalue weighted by Gasteiger charge is 2.37. The summed E-state index contributed by atoms with van der Waals surface area (Å²) < 4.78 is 11.2. The Morgan fingerprint density at radius 1 is 1.35 bits per heavy atom. The number of nitrogens with two attached hydrogens (primary N) is 1. The Balaban J connectivity index is 1.72. The number of methoxy groups -OCH3 is 1. The molecular weight excluding hydrogens is 298 g/mol. The van der Waals surface area contributed by atoms with E-state index < -0.39 is 6.10 Å². The fourth-order valence-electron chi connectivity index (χ4n) is 3.24. The van der Waals surface area contributed by atoms with E-state index in [0.717, 1.165) is 5.69 Å². The van der Waals surface area contributed by atoms with Gasteiger partial charge in [0.2, 0.25) is 0 Å². The van der Waals surface area contributed by atoms with Gasteiger partial charge in [-0.1, -0.05) is 0 Å². The van der Waals surface area contributed by atoms with Gasteiger partial charge in [-0.2, -0.15) is 0 Å². The van der Waals surface area contributed by atoms with Gasteiger partial charge in [-0.3, -0.25) is 4.79 Å². The van der Waals surface area contributed by atoms with Crippen molar-refractivity contribution in [2.75, 3.05) is 43.9 Å². The minimum Gasteiger partial charge on any atom is -0.495 e. The van der Waals surface area contributed by atoms with E-state index in [9.17, 15) is 9.90 Å². The van der Waals surface area contributed by atoms with Crippen LogP contribution in [0.5, 0.6) is 5.75 Å². The molecule has 3 atom stereocenters. The molecule has 1 amide bonds. The van der Waals surface area contributed by atoms with Crippen molar-refractivity contribution in [3.8, 4) is 5.75 Å². The van der Waals surface area contributed by atoms with Crippen LogP contribution in [0.3, 0.4) is 0 Å². The van der Waals surface area contributed by atoms with Crippen molar-refractivity contribution in [2.45, 2.75) is 25.2 Å². The first-order valence-corrected chi connectivity index (χ1v) is 7.78. The van der Waals surface area contributed by atoms with Gasteiger partial charge in [0.05, 0.1) is 25.0 Å². The van der Waals surface area contributed by atoms with Crippen molar-refractivity contribution in [3.63, 3.8) is 0 Å². The van der Waals surface area contributed by atoms with Gasteiger partial charge < -0.3 is 30.1 Å². The molecule has 0 radical (unpaired) electrons. The fourth-order valence-corrected chi connectivity index (χ4v) is 3.24. The smallest absolute Gasteiger partial charge is 0.251 e. The zero-order valence-electron chi connectivity index (χ0n) is 13.4. The van der Waals surface area contributed by atoms with E-state index in [4.69, 9.17) is 15.2 Å². The molecule has 0 saturated carbocycles. The number of anilines is 2. The van der Waals surface area contributed by atoms with Gasteiger partial charge in [-0.25, -0.2) is 0 Å². The Hall–Kier alpha value is -1.99. The van der Waals surface area contributed by atoms with Gasteiger partial charge >= 0.3 is 0 Å². The molecule has 7 heteroatoms. The van der Waals surface area contributed by atoms with E-state index >= 15 is 0 Å². The molecule has 1 aromatic rings. The van der Waals surface area contributed by atoms with Crippen LogP contribution < -0.4 is 15.4 Å². The highest BCUT2D eigenvalue weighted by Crippen LogP contribution is 2.30. The van der Waals surface area contributed by atoms with Crippen LogP contribution >= 0.6 is 0 Å². The topological polar surface area (TPSA) is 88.3 Å². The van der Waals surface area contributed by atoms with Gasteiger partial charge in [0, 0.05) is 37.9 Å². The number of nitrogens with zero attached hydrogens (tertiary/aromatic N) is 2. The lowest BCUT2D eigenvalue weighted by molar-refractivity contribution is -0.154. The second-order valence-corrected chi connectivity index (χ2v) is 6.13. The number of aliphatic hydroxyl groups excluding tert-OH is 1. The van der Waals surface area contributed by atoms with Crippen molar-refractivity contribution in [3.05, 3.63) is 18.2 Å². The maximum atomic E-state index is 12.0. The monoisotopic (exact) mass is 321 g/mol. The molecule has 23 heavy (non-hydrogen) atoms. The molecule has 7 nitrogen and oxygen atoms in total. The van der Waals surface area contributed by atoms with Crippen molar-refractivity contribution in [1.82, 2.24) is 4.90 Å². The molecule has 1 aromatic carbocycles. The van der Waals surface area contributed by atoms with Crippen LogP contribution in [-0.4, -0.2) is 67.5 Å². The minimum absolute atomic E-state index is 0.0613. The van der Waals surface area contributed by atoms with Crippen molar-refractivity contribution in [1.29, 1.82) is 0 Å². The number of morpholine rings is 2. The molecule has 2 unspecified atom stereocenters. The average Bonchev–Trinajstić information content (AvgIpc) is 2.53. The Kier molecular flexibility index (Phi) is 4.32. The number of aliphatic hydroxyl groups is 1. The van der Waals surface area contributed by atoms with Crippen LogP contribution in [-0.2, 0) is 9.53 Å². The molecule has 2 saturated heterocycles. The number of carbonyl (C=O) groups excluding carboxylic acids is 1. The van der Waals surface area contributed by atoms with Gasteiger partial charge in [0.25, 0.3) is 5.91 Å². The molecule has 3 rings (SSSR count). The molecule has 0 aliphatic carbocycles. The predicted octanol–water partition coefficient (Wildman–Crippen LogP) is 0.0742. The number of carbonyl (C=O) groups is 1. The molecule has 2 bridgehead atoms. The third-order valence-electron chi connectivity index (χ3n) is 4.33. The first-order chi connectivity index (χ1) is 11.0. The summed E-state index contributed by atoms with van der Waals surface area (Å²) in [5.74, 6) is 0.427. The minimum atomic E-state index is -0.966. The number of fused-ring (bicyclic) bond motifs is 2. The Bertz CT molecular complexity index is 579. The number of hydrogen-bond acceptors (Lipinski definition) is 6. The molecule has 2 heterocycles. The molecule has 0 spiro atoms. The van der Waals surface area contributed by atoms with Crippen LogP contribution in [0.25, 0.3) is 0 Å². The number of ether oxygens (including phenoxy) is 2. The normalized spacial score (nSPS) is 25.2. The molecular formula is C16H23N3O4. The lowest BCUT2D eigenvalue weighted by Gasteiger charge is -2.46. The van der Waals surface area contributed by atoms with Crippen molar-refractivity contribution < 1.29 is 19.4 Å². The zero-order chi connectivity index (χ0) is 16.6. The summed E-state index contributed by atoms with van der Waals surface area (Å²) in [6.07, 6.45) is -1.09. The van der Waals surface area contributed by atoms with Crippen molar-refractivity contribution in [2.24, 2.45) is 0 Å². The highest BCUT2D eigenvalue weighted by atomic mass is 16.5. The SMILES string of the molecule is COc1cc(N2CC3CN(C(=O)[C@H](C)O)CC(C2)O3)ccc1N. The van der Waals surface area contributed by atoms with Gasteiger partial charge in [0.15, 0.2) is 0 Å². The van der Waals surface area contributed by atoms with Crippen LogP contribution in [0.15, 0.2) is 18.2 Å². The summed E-state index contributed by atoms with van der Waals surface area (Å²) in [5.41, 5.74) is 7.51. The Morgan fingerprint density at radius 2 is 2.00 bits per heavy atom. The lowest BCUT2D eigenvalue weighted by atomic mass is 10.1. The second-order valence-electron chi connectivity index (χ2n) is 6.13. The van der Waals surface area contributed by atoms with Crippen LogP contribution in [0.2, 0.25) is 0 Å². The molecule has 3 N–H and O–H groups in total. The number of amides is 1. The number of hydrogen-bond donors (Lipinski definition) is 2. The molecule has 2 fully saturated rings. The van der Waals surface area contributed by atoms with E-state index in [1.807, 2.05) is 18.2 Å². The second kappa shape index (κ2) is 6.25. The maximum absolute atomic E-state index is 12.0. The predicted molar refractivity (Wildman–Crippen MR) is 86.5 cm³/mol. The van der Waals surface area contributed by atoms with E-state index in [2.05, 4.69) is 4.90 Å². The first-order valence-electron chi connectivity index (χ1n) is 7.78. The van der Waals surface area contributed by atoms with Gasteiger partial charge in [0.1, 0.15) is 11.9 Å². The summed E-state index contributed by atoms with van der Waals surface area (Å²) in [5, 5.41) is 9.48. The molecule has 2 aliphatic rings. The standard InChI is InChI=1S/C16H23N3O4/c1-10(20)16(21)19-8-12-6-18(7-13(9-19)23-12)11-3-4-14(17)15(5-11)22-2/h3-5,10,12-13,20H,6-9,17H2,1-2H3/t10-,12?,13?/m0/s1. The summed E-state index contributed by atoms with van der Waals surface area (Å²) in [6.45, 7) is 3.88. The van der Waals surface area contributed by atoms with E-state index in [-0.39, 0.29) is 18.1 Å². The van der Waals surface area contributed by atoms with Gasteiger partial charge in [-0.05, 0) is 19.1 Å². The van der Waals surface area contributed by atoms with E-state index in [1.165, 1.54) is 6.92 Å². The molecule has 126 valence electrons. The lowest BCUT2D eigenvalue weighted by Crippen LogP contribution is -2.61. The Labute approximate surface area is 135 Å². The average molecular weight is 321 g/mol. The van der Waals surface area contributed by atoms with E-state index in [0.29, 0.717) is 37.6 Å². The first kappa shape index (κ1) is 15.9. The van der Waals surface area contributed by atoms with Crippen LogP contribution in [0.1, 0.15) is 6.92 Å². The summed E-state index contributed by atoms with van der Waals surface area (Å²) in [7, 11) is 1.60. The number of nitrogen functional groups attached to an aromatic ring is 1. The number of rotatable bonds is 3. The maximum Gasteiger partial charge on any atom is 0.251 e. The van der Waals surface area contributed by atoms with Crippen molar-refractivity contribution >= 4 is 17.3 Å². The van der Waals surface area contributed by atoms with E-state index in [1.54, 1.807) is 12.0 Å². The third kappa shape index (κ3) is 3.20. The third-order valence-corrected chi connectivity index (χ3v) is 4.33. The highest BCUT2D eigenvalue weighted by molar-refractivity contribution is 5.80. The fraction of sp³-hybridized carbons (Fsp3) is 0.562. The summed E-state index contributed by atoms with van der Waals surface area (Å²) in [6, 6.07) is 5.73. The largest absolute Gasteiger partial charge is 0.495 e. The zero-order valence-corrected chi connectivity index (χ0v) is 13.4. The summed E-state index contributed by atoms with van der Waals surface area (Å²) in [4.78, 5) is 15.9. The Morgan fingerprint density at radius 3 is 2.57 bits per heavy atom. The quantitative estimate of drug-likeness (QED) is 0.766. The molecule has 2 aliphatic heterocycles.